The summed E-state index contributed by atoms with van der Waals surface area (Å²) in [5.74, 6) is -3.00. The minimum Gasteiger partial charge on any atom is -0.550 e. The second-order valence-corrected chi connectivity index (χ2v) is 4.23. The normalized spacial score (nSPS) is 19.8. The summed E-state index contributed by atoms with van der Waals surface area (Å²) in [5.41, 5.74) is 0.394. The summed E-state index contributed by atoms with van der Waals surface area (Å²) < 4.78 is 12.9. The lowest BCUT2D eigenvalue weighted by Gasteiger charge is -2.17. The first kappa shape index (κ1) is 11.9. The molecule has 1 heterocycles. The fourth-order valence-corrected chi connectivity index (χ4v) is 1.94. The number of carboxylic acid groups (broad SMARTS) is 1. The monoisotopic (exact) mass is 256 g/mol. The molecule has 0 radical (unpaired) electrons. The van der Waals surface area contributed by atoms with Gasteiger partial charge in [-0.3, -0.25) is 4.79 Å². The summed E-state index contributed by atoms with van der Waals surface area (Å²) in [6, 6.07) is 3.82. The summed E-state index contributed by atoms with van der Waals surface area (Å²) in [6.07, 6.45) is -0.0999. The third kappa shape index (κ3) is 2.24. The number of rotatable bonds is 2. The van der Waals surface area contributed by atoms with Crippen LogP contribution in [-0.2, 0) is 9.59 Å². The van der Waals surface area contributed by atoms with Gasteiger partial charge in [0.1, 0.15) is 5.82 Å². The van der Waals surface area contributed by atoms with Gasteiger partial charge < -0.3 is 14.8 Å². The molecule has 1 amide bonds. The molecule has 0 aromatic heterocycles. The van der Waals surface area contributed by atoms with E-state index in [4.69, 9.17) is 11.6 Å². The van der Waals surface area contributed by atoms with Crippen LogP contribution in [0.5, 0.6) is 0 Å². The number of hydrogen-bond acceptors (Lipinski definition) is 3. The minimum atomic E-state index is -1.26. The second-order valence-electron chi connectivity index (χ2n) is 3.82. The van der Waals surface area contributed by atoms with E-state index in [9.17, 15) is 19.1 Å². The van der Waals surface area contributed by atoms with Crippen molar-refractivity contribution in [3.05, 3.63) is 29.0 Å². The maximum absolute atomic E-state index is 12.9. The first-order valence-electron chi connectivity index (χ1n) is 4.95. The van der Waals surface area contributed by atoms with Crippen LogP contribution in [0, 0.1) is 11.7 Å². The number of carbonyl (C=O) groups is 2. The van der Waals surface area contributed by atoms with Crippen LogP contribution in [0.25, 0.3) is 0 Å². The van der Waals surface area contributed by atoms with E-state index >= 15 is 0 Å². The molecule has 0 bridgehead atoms. The van der Waals surface area contributed by atoms with Gasteiger partial charge in [-0.15, -0.1) is 0 Å². The Morgan fingerprint density at radius 2 is 2.24 bits per heavy atom. The molecule has 0 N–H and O–H groups in total. The number of hydrogen-bond donors (Lipinski definition) is 0. The predicted molar refractivity (Wildman–Crippen MR) is 56.9 cm³/mol. The highest BCUT2D eigenvalue weighted by atomic mass is 35.5. The van der Waals surface area contributed by atoms with Gasteiger partial charge in [0, 0.05) is 30.5 Å². The molecule has 0 saturated carbocycles. The van der Waals surface area contributed by atoms with Gasteiger partial charge in [-0.05, 0) is 18.2 Å². The van der Waals surface area contributed by atoms with Gasteiger partial charge in [-0.2, -0.15) is 0 Å². The number of nitrogens with zero attached hydrogens (tertiary/aromatic N) is 1. The van der Waals surface area contributed by atoms with E-state index in [0.717, 1.165) is 6.07 Å². The second kappa shape index (κ2) is 4.33. The van der Waals surface area contributed by atoms with E-state index in [2.05, 4.69) is 0 Å². The molecule has 2 rings (SSSR count). The Morgan fingerprint density at radius 3 is 2.76 bits per heavy atom. The van der Waals surface area contributed by atoms with E-state index in [1.807, 2.05) is 0 Å². The van der Waals surface area contributed by atoms with Gasteiger partial charge in [0.05, 0.1) is 5.02 Å². The molecule has 0 unspecified atom stereocenters. The molecular weight excluding hydrogens is 249 g/mol. The minimum absolute atomic E-state index is 0.0309. The van der Waals surface area contributed by atoms with Crippen LogP contribution < -0.4 is 10.0 Å². The van der Waals surface area contributed by atoms with Crippen molar-refractivity contribution in [1.29, 1.82) is 0 Å². The number of aliphatic carboxylic acids is 1. The number of amides is 1. The molecule has 1 aliphatic rings. The van der Waals surface area contributed by atoms with Crippen molar-refractivity contribution in [2.75, 3.05) is 11.4 Å². The van der Waals surface area contributed by atoms with Crippen molar-refractivity contribution in [2.45, 2.75) is 6.42 Å². The third-order valence-corrected chi connectivity index (χ3v) is 2.96. The zero-order chi connectivity index (χ0) is 12.6. The Hall–Kier alpha value is -1.62. The average Bonchev–Trinajstić information content (AvgIpc) is 2.65. The Bertz CT molecular complexity index is 492. The molecule has 1 saturated heterocycles. The highest BCUT2D eigenvalue weighted by Gasteiger charge is 2.31. The molecule has 1 aromatic carbocycles. The lowest BCUT2D eigenvalue weighted by molar-refractivity contribution is -0.310. The highest BCUT2D eigenvalue weighted by Crippen LogP contribution is 2.28. The number of anilines is 1. The first-order chi connectivity index (χ1) is 7.99. The zero-order valence-corrected chi connectivity index (χ0v) is 9.41. The van der Waals surface area contributed by atoms with Gasteiger partial charge >= 0.3 is 0 Å². The van der Waals surface area contributed by atoms with Gasteiger partial charge in [0.2, 0.25) is 5.91 Å². The lowest BCUT2D eigenvalue weighted by atomic mass is 10.1. The van der Waals surface area contributed by atoms with Crippen molar-refractivity contribution < 1.29 is 19.1 Å². The molecular formula is C11H8ClFNO3-. The Kier molecular flexibility index (Phi) is 3.02. The lowest BCUT2D eigenvalue weighted by Crippen LogP contribution is -2.33. The molecule has 17 heavy (non-hydrogen) atoms. The summed E-state index contributed by atoms with van der Waals surface area (Å²) >= 11 is 5.60. The van der Waals surface area contributed by atoms with Gasteiger partial charge in [-0.1, -0.05) is 11.6 Å². The van der Waals surface area contributed by atoms with Crippen LogP contribution in [-0.4, -0.2) is 18.4 Å². The summed E-state index contributed by atoms with van der Waals surface area (Å²) in [4.78, 5) is 23.5. The van der Waals surface area contributed by atoms with Crippen LogP contribution in [0.15, 0.2) is 18.2 Å². The van der Waals surface area contributed by atoms with Gasteiger partial charge in [-0.25, -0.2) is 4.39 Å². The first-order valence-corrected chi connectivity index (χ1v) is 5.33. The van der Waals surface area contributed by atoms with E-state index in [-0.39, 0.29) is 23.9 Å². The Labute approximate surface area is 102 Å². The molecule has 1 fully saturated rings. The fraction of sp³-hybridized carbons (Fsp3) is 0.273. The van der Waals surface area contributed by atoms with Crippen molar-refractivity contribution in [2.24, 2.45) is 5.92 Å². The Morgan fingerprint density at radius 1 is 1.53 bits per heavy atom. The van der Waals surface area contributed by atoms with Crippen molar-refractivity contribution in [3.63, 3.8) is 0 Å². The topological polar surface area (TPSA) is 60.4 Å². The van der Waals surface area contributed by atoms with Crippen LogP contribution in [0.1, 0.15) is 6.42 Å². The summed E-state index contributed by atoms with van der Waals surface area (Å²) in [5, 5.41) is 10.6. The standard InChI is InChI=1S/C11H9ClFNO3/c12-8-4-7(1-2-9(8)13)14-5-6(11(16)17)3-10(14)15/h1-2,4,6H,3,5H2,(H,16,17)/p-1/t6-/m1/s1. The molecule has 6 heteroatoms. The SMILES string of the molecule is O=C([O-])[C@@H]1CC(=O)N(c2ccc(F)c(Cl)c2)C1. The van der Waals surface area contributed by atoms with E-state index in [0.29, 0.717) is 5.69 Å². The van der Waals surface area contributed by atoms with E-state index < -0.39 is 17.7 Å². The summed E-state index contributed by atoms with van der Waals surface area (Å²) in [6.45, 7) is 0.0309. The molecule has 1 atom stereocenters. The molecule has 1 aliphatic heterocycles. The maximum atomic E-state index is 12.9. The number of carboxylic acids is 1. The molecule has 0 spiro atoms. The van der Waals surface area contributed by atoms with Crippen LogP contribution in [0.3, 0.4) is 0 Å². The Balaban J connectivity index is 2.26. The maximum Gasteiger partial charge on any atom is 0.227 e. The van der Waals surface area contributed by atoms with Crippen LogP contribution >= 0.6 is 11.6 Å². The number of carbonyl (C=O) groups excluding carboxylic acids is 2. The smallest absolute Gasteiger partial charge is 0.227 e. The number of benzene rings is 1. The molecule has 0 aliphatic carbocycles. The molecule has 1 aromatic rings. The van der Waals surface area contributed by atoms with E-state index in [1.54, 1.807) is 0 Å². The van der Waals surface area contributed by atoms with Gasteiger partial charge in [0.15, 0.2) is 0 Å². The van der Waals surface area contributed by atoms with Crippen molar-refractivity contribution >= 4 is 29.2 Å². The predicted octanol–water partition coefficient (Wildman–Crippen LogP) is 0.582. The quantitative estimate of drug-likeness (QED) is 0.778. The van der Waals surface area contributed by atoms with Crippen LogP contribution in [0.2, 0.25) is 5.02 Å². The fourth-order valence-electron chi connectivity index (χ4n) is 1.77. The number of halogens is 2. The van der Waals surface area contributed by atoms with Gasteiger partial charge in [0.25, 0.3) is 0 Å². The third-order valence-electron chi connectivity index (χ3n) is 2.67. The zero-order valence-electron chi connectivity index (χ0n) is 8.65. The van der Waals surface area contributed by atoms with Crippen molar-refractivity contribution in [3.8, 4) is 0 Å². The average molecular weight is 257 g/mol. The molecule has 90 valence electrons. The van der Waals surface area contributed by atoms with E-state index in [1.165, 1.54) is 17.0 Å². The highest BCUT2D eigenvalue weighted by molar-refractivity contribution is 6.31. The van der Waals surface area contributed by atoms with Crippen LogP contribution in [0.4, 0.5) is 10.1 Å². The summed E-state index contributed by atoms with van der Waals surface area (Å²) in [7, 11) is 0. The molecule has 4 nitrogen and oxygen atoms in total. The largest absolute Gasteiger partial charge is 0.550 e. The van der Waals surface area contributed by atoms with Crippen molar-refractivity contribution in [1.82, 2.24) is 0 Å².